The van der Waals surface area contributed by atoms with Crippen LogP contribution in [0.4, 0.5) is 0 Å². The highest BCUT2D eigenvalue weighted by Gasteiger charge is 2.28. The molecule has 18 heavy (non-hydrogen) atoms. The van der Waals surface area contributed by atoms with E-state index in [1.54, 1.807) is 13.8 Å². The van der Waals surface area contributed by atoms with Crippen molar-refractivity contribution in [2.75, 3.05) is 0 Å². The second kappa shape index (κ2) is 7.95. The largest absolute Gasteiger partial charge is 0.481 e. The average molecular weight is 257 g/mol. The molecule has 0 aromatic carbocycles. The number of carboxylic acid groups (broad SMARTS) is 1. The summed E-state index contributed by atoms with van der Waals surface area (Å²) >= 11 is 0. The van der Waals surface area contributed by atoms with Gasteiger partial charge in [0.25, 0.3) is 0 Å². The minimum atomic E-state index is -0.923. The fourth-order valence-electron chi connectivity index (χ4n) is 1.91. The van der Waals surface area contributed by atoms with E-state index >= 15 is 0 Å². The summed E-state index contributed by atoms with van der Waals surface area (Å²) in [4.78, 5) is 13.8. The fourth-order valence-corrected chi connectivity index (χ4v) is 1.91. The minimum Gasteiger partial charge on any atom is -0.481 e. The summed E-state index contributed by atoms with van der Waals surface area (Å²) in [6.07, 6.45) is -0.245. The summed E-state index contributed by atoms with van der Waals surface area (Å²) in [6.45, 7) is 7.53. The average Bonchev–Trinajstić information content (AvgIpc) is 2.23. The van der Waals surface area contributed by atoms with Crippen molar-refractivity contribution in [3.8, 4) is 0 Å². The zero-order valence-electron chi connectivity index (χ0n) is 11.4. The molecular formula is C12H23N3O3. The number of rotatable bonds is 8. The topological polar surface area (TPSA) is 106 Å². The molecule has 0 aromatic rings. The van der Waals surface area contributed by atoms with Crippen molar-refractivity contribution < 1.29 is 15.0 Å². The Morgan fingerprint density at radius 1 is 1.28 bits per heavy atom. The third-order valence-electron chi connectivity index (χ3n) is 2.97. The smallest absolute Gasteiger partial charge is 0.306 e. The highest BCUT2D eigenvalue weighted by atomic mass is 16.4. The molecule has 0 unspecified atom stereocenters. The number of carboxylic acids is 1. The van der Waals surface area contributed by atoms with Crippen LogP contribution in [-0.4, -0.2) is 28.3 Å². The van der Waals surface area contributed by atoms with Crippen LogP contribution < -0.4 is 0 Å². The number of hydrogen-bond acceptors (Lipinski definition) is 3. The van der Waals surface area contributed by atoms with Crippen molar-refractivity contribution in [1.29, 1.82) is 0 Å². The molecule has 0 saturated heterocycles. The Balaban J connectivity index is 4.71. The van der Waals surface area contributed by atoms with Crippen molar-refractivity contribution >= 4 is 5.97 Å². The van der Waals surface area contributed by atoms with Crippen LogP contribution in [0.5, 0.6) is 0 Å². The normalized spacial score (nSPS) is 16.2. The number of carbonyl (C=O) groups is 1. The zero-order chi connectivity index (χ0) is 14.3. The molecule has 6 heteroatoms. The van der Waals surface area contributed by atoms with Gasteiger partial charge in [0.2, 0.25) is 0 Å². The van der Waals surface area contributed by atoms with Gasteiger partial charge in [0, 0.05) is 4.91 Å². The summed E-state index contributed by atoms with van der Waals surface area (Å²) in [5, 5.41) is 22.7. The number of hydrogen-bond donors (Lipinski definition) is 2. The van der Waals surface area contributed by atoms with E-state index in [0.717, 1.165) is 0 Å². The third-order valence-corrected chi connectivity index (χ3v) is 2.97. The van der Waals surface area contributed by atoms with E-state index in [1.807, 2.05) is 13.8 Å². The van der Waals surface area contributed by atoms with Gasteiger partial charge in [0.15, 0.2) is 0 Å². The molecule has 0 saturated carbocycles. The van der Waals surface area contributed by atoms with Gasteiger partial charge in [0.1, 0.15) is 0 Å². The van der Waals surface area contributed by atoms with Crippen LogP contribution in [0.2, 0.25) is 0 Å². The summed E-state index contributed by atoms with van der Waals surface area (Å²) in [7, 11) is 0. The Bertz CT molecular complexity index is 312. The predicted octanol–water partition coefficient (Wildman–Crippen LogP) is 2.82. The molecule has 104 valence electrons. The molecule has 0 radical (unpaired) electrons. The molecule has 0 aliphatic rings. The summed E-state index contributed by atoms with van der Waals surface area (Å²) in [6, 6.07) is -0.560. The predicted molar refractivity (Wildman–Crippen MR) is 69.0 cm³/mol. The van der Waals surface area contributed by atoms with Crippen LogP contribution in [0, 0.1) is 17.8 Å². The van der Waals surface area contributed by atoms with E-state index in [9.17, 15) is 9.90 Å². The molecule has 6 nitrogen and oxygen atoms in total. The lowest BCUT2D eigenvalue weighted by Crippen LogP contribution is -2.32. The second-order valence-electron chi connectivity index (χ2n) is 5.39. The van der Waals surface area contributed by atoms with Crippen LogP contribution in [0.15, 0.2) is 5.11 Å². The Labute approximate surface area is 108 Å². The highest BCUT2D eigenvalue weighted by molar-refractivity contribution is 5.70. The van der Waals surface area contributed by atoms with Gasteiger partial charge in [-0.25, -0.2) is 0 Å². The maximum atomic E-state index is 11.1. The van der Waals surface area contributed by atoms with Crippen molar-refractivity contribution in [3.05, 3.63) is 10.4 Å². The third kappa shape index (κ3) is 5.89. The van der Waals surface area contributed by atoms with Crippen LogP contribution >= 0.6 is 0 Å². The molecule has 0 fully saturated rings. The van der Waals surface area contributed by atoms with E-state index in [0.29, 0.717) is 6.42 Å². The molecule has 2 N–H and O–H groups in total. The molecule has 0 aliphatic carbocycles. The Hall–Kier alpha value is -1.26. The van der Waals surface area contributed by atoms with Gasteiger partial charge in [-0.15, -0.1) is 0 Å². The first-order valence-corrected chi connectivity index (χ1v) is 6.24. The standard InChI is InChI=1S/C12H23N3O3/c1-7(2)5-10(14-15-13)11(16)6-9(8(3)4)12(17)18/h7-11,16H,5-6H2,1-4H3,(H,17,18)/t9-,10-,11+/m0/s1. The van der Waals surface area contributed by atoms with Crippen molar-refractivity contribution in [2.24, 2.45) is 22.9 Å². The molecule has 0 bridgehead atoms. The second-order valence-corrected chi connectivity index (χ2v) is 5.39. The van der Waals surface area contributed by atoms with Gasteiger partial charge in [-0.2, -0.15) is 0 Å². The molecule has 0 aromatic heterocycles. The van der Waals surface area contributed by atoms with Crippen LogP contribution in [-0.2, 0) is 4.79 Å². The first kappa shape index (κ1) is 16.7. The monoisotopic (exact) mass is 257 g/mol. The van der Waals surface area contributed by atoms with E-state index in [2.05, 4.69) is 10.0 Å². The molecular weight excluding hydrogens is 234 g/mol. The van der Waals surface area contributed by atoms with Gasteiger partial charge >= 0.3 is 5.97 Å². The first-order chi connectivity index (χ1) is 8.29. The molecule has 0 amide bonds. The fraction of sp³-hybridized carbons (Fsp3) is 0.917. The van der Waals surface area contributed by atoms with E-state index in [1.165, 1.54) is 0 Å². The van der Waals surface area contributed by atoms with E-state index < -0.39 is 24.0 Å². The highest BCUT2D eigenvalue weighted by Crippen LogP contribution is 2.22. The Kier molecular flexibility index (Phi) is 7.39. The van der Waals surface area contributed by atoms with Crippen molar-refractivity contribution in [1.82, 2.24) is 0 Å². The van der Waals surface area contributed by atoms with Crippen molar-refractivity contribution in [2.45, 2.75) is 52.7 Å². The lowest BCUT2D eigenvalue weighted by molar-refractivity contribution is -0.144. The zero-order valence-corrected chi connectivity index (χ0v) is 11.4. The molecule has 0 heterocycles. The van der Waals surface area contributed by atoms with Crippen LogP contribution in [0.25, 0.3) is 10.4 Å². The van der Waals surface area contributed by atoms with Gasteiger partial charge in [-0.1, -0.05) is 32.8 Å². The molecule has 3 atom stereocenters. The Morgan fingerprint density at radius 3 is 2.17 bits per heavy atom. The lowest BCUT2D eigenvalue weighted by atomic mass is 9.86. The summed E-state index contributed by atoms with van der Waals surface area (Å²) in [5.41, 5.74) is 8.48. The number of aliphatic hydroxyl groups is 1. The quantitative estimate of drug-likeness (QED) is 0.396. The Morgan fingerprint density at radius 2 is 1.83 bits per heavy atom. The van der Waals surface area contributed by atoms with Gasteiger partial charge in [-0.3, -0.25) is 4.79 Å². The van der Waals surface area contributed by atoms with Gasteiger partial charge in [-0.05, 0) is 30.2 Å². The van der Waals surface area contributed by atoms with E-state index in [4.69, 9.17) is 10.6 Å². The summed E-state index contributed by atoms with van der Waals surface area (Å²) < 4.78 is 0. The maximum Gasteiger partial charge on any atom is 0.306 e. The minimum absolute atomic E-state index is 0.0667. The lowest BCUT2D eigenvalue weighted by Gasteiger charge is -2.24. The molecule has 0 aliphatic heterocycles. The van der Waals surface area contributed by atoms with Crippen LogP contribution in [0.3, 0.4) is 0 Å². The van der Waals surface area contributed by atoms with E-state index in [-0.39, 0.29) is 18.3 Å². The number of nitrogens with zero attached hydrogens (tertiary/aromatic N) is 3. The first-order valence-electron chi connectivity index (χ1n) is 6.24. The SMILES string of the molecule is CC(C)C[C@H](N=[N+]=[N-])[C@H](O)C[C@H](C(=O)O)C(C)C. The maximum absolute atomic E-state index is 11.1. The van der Waals surface area contributed by atoms with Crippen LogP contribution in [0.1, 0.15) is 40.5 Å². The summed E-state index contributed by atoms with van der Waals surface area (Å²) in [5.74, 6) is -1.34. The number of azide groups is 1. The molecule has 0 rings (SSSR count). The van der Waals surface area contributed by atoms with Gasteiger partial charge in [0.05, 0.1) is 18.1 Å². The number of aliphatic carboxylic acids is 1. The van der Waals surface area contributed by atoms with Crippen molar-refractivity contribution in [3.63, 3.8) is 0 Å². The number of aliphatic hydroxyl groups excluding tert-OH is 1. The molecule has 0 spiro atoms. The van der Waals surface area contributed by atoms with Gasteiger partial charge < -0.3 is 10.2 Å².